The molecule has 7 nitrogen and oxygen atoms in total. The van der Waals surface area contributed by atoms with Crippen LogP contribution in [0.5, 0.6) is 0 Å². The van der Waals surface area contributed by atoms with Crippen molar-refractivity contribution in [3.8, 4) is 0 Å². The van der Waals surface area contributed by atoms with E-state index in [1.54, 1.807) is 24.3 Å². The van der Waals surface area contributed by atoms with Gasteiger partial charge in [0.2, 0.25) is 0 Å². The van der Waals surface area contributed by atoms with Gasteiger partial charge < -0.3 is 21.8 Å². The van der Waals surface area contributed by atoms with Crippen molar-refractivity contribution < 1.29 is 19.8 Å². The maximum Gasteiger partial charge on any atom is 0.335 e. The van der Waals surface area contributed by atoms with Gasteiger partial charge >= 0.3 is 11.9 Å². The van der Waals surface area contributed by atoms with Gasteiger partial charge in [-0.3, -0.25) is 0 Å². The van der Waals surface area contributed by atoms with Gasteiger partial charge in [0.05, 0.1) is 16.5 Å². The molecule has 1 aliphatic rings. The summed E-state index contributed by atoms with van der Waals surface area (Å²) in [5.41, 5.74) is 10.1. The van der Waals surface area contributed by atoms with Crippen LogP contribution in [-0.2, 0) is 18.3 Å². The second-order valence-corrected chi connectivity index (χ2v) is 7.66. The molecule has 7 heteroatoms. The molecule has 6 N–H and O–H groups in total. The van der Waals surface area contributed by atoms with Crippen LogP contribution in [0.15, 0.2) is 41.5 Å². The van der Waals surface area contributed by atoms with Gasteiger partial charge in [0, 0.05) is 11.8 Å². The molecule has 2 aromatic carbocycles. The largest absolute Gasteiger partial charge is 0.478 e. The molecule has 1 atom stereocenters. The lowest BCUT2D eigenvalue weighted by atomic mass is 9.66. The van der Waals surface area contributed by atoms with Gasteiger partial charge in [-0.05, 0) is 79.6 Å². The number of hydrogen-bond acceptors (Lipinski definition) is 5. The topological polar surface area (TPSA) is 139 Å². The summed E-state index contributed by atoms with van der Waals surface area (Å²) in [6, 6.07) is 9.95. The Morgan fingerprint density at radius 1 is 1.03 bits per heavy atom. The van der Waals surface area contributed by atoms with E-state index in [0.717, 1.165) is 22.3 Å². The minimum atomic E-state index is -0.996. The zero-order valence-electron chi connectivity index (χ0n) is 16.5. The molecule has 0 unspecified atom stereocenters. The van der Waals surface area contributed by atoms with Crippen molar-refractivity contribution in [2.75, 3.05) is 0 Å². The first-order valence-electron chi connectivity index (χ1n) is 9.44. The summed E-state index contributed by atoms with van der Waals surface area (Å²) in [4.78, 5) is 23.0. The molecule has 0 aliphatic heterocycles. The molecular weight excluding hydrogens is 370 g/mol. The molecule has 0 saturated carbocycles. The van der Waals surface area contributed by atoms with Crippen molar-refractivity contribution in [3.05, 3.63) is 69.8 Å². The van der Waals surface area contributed by atoms with E-state index in [1.807, 2.05) is 26.0 Å². The summed E-state index contributed by atoms with van der Waals surface area (Å²) in [7, 11) is 0. The molecule has 152 valence electrons. The Morgan fingerprint density at radius 2 is 1.48 bits per heavy atom. The predicted molar refractivity (Wildman–Crippen MR) is 111 cm³/mol. The Balaban J connectivity index is 2.39. The molecule has 0 spiro atoms. The van der Waals surface area contributed by atoms with E-state index in [2.05, 4.69) is 5.10 Å². The lowest BCUT2D eigenvalue weighted by Crippen LogP contribution is -2.42. The van der Waals surface area contributed by atoms with Crippen LogP contribution in [0.3, 0.4) is 0 Å². The maximum atomic E-state index is 11.5. The fourth-order valence-electron chi connectivity index (χ4n) is 4.46. The molecule has 3 rings (SSSR count). The Kier molecular flexibility index (Phi) is 5.44. The zero-order valence-corrected chi connectivity index (χ0v) is 16.5. The normalized spacial score (nSPS) is 16.3. The lowest BCUT2D eigenvalue weighted by molar-refractivity contribution is 0.0686. The average Bonchev–Trinajstić information content (AvgIpc) is 2.81. The Morgan fingerprint density at radius 3 is 1.83 bits per heavy atom. The van der Waals surface area contributed by atoms with E-state index >= 15 is 0 Å². The Bertz CT molecular complexity index is 946. The smallest absolute Gasteiger partial charge is 0.335 e. The molecule has 0 heterocycles. The number of aromatic carboxylic acids is 2. The van der Waals surface area contributed by atoms with Gasteiger partial charge in [0.15, 0.2) is 0 Å². The summed E-state index contributed by atoms with van der Waals surface area (Å²) in [5, 5.41) is 22.9. The number of nitrogens with zero attached hydrogens (tertiary/aromatic N) is 1. The van der Waals surface area contributed by atoms with Gasteiger partial charge in [0.25, 0.3) is 0 Å². The molecule has 29 heavy (non-hydrogen) atoms. The zero-order chi connectivity index (χ0) is 21.3. The van der Waals surface area contributed by atoms with Crippen molar-refractivity contribution >= 4 is 17.7 Å². The number of aryl methyl sites for hydroxylation is 2. The molecule has 0 bridgehead atoms. The van der Waals surface area contributed by atoms with Crippen molar-refractivity contribution in [2.45, 2.75) is 44.6 Å². The van der Waals surface area contributed by atoms with Gasteiger partial charge in [0.1, 0.15) is 0 Å². The number of fused-ring (bicyclic) bond motifs is 2. The van der Waals surface area contributed by atoms with Gasteiger partial charge in [-0.2, -0.15) is 5.10 Å². The second-order valence-electron chi connectivity index (χ2n) is 7.66. The van der Waals surface area contributed by atoms with Crippen LogP contribution in [0.2, 0.25) is 0 Å². The number of carbonyl (C=O) groups is 2. The summed E-state index contributed by atoms with van der Waals surface area (Å²) < 4.78 is 0. The number of carboxylic acid groups (broad SMARTS) is 2. The summed E-state index contributed by atoms with van der Waals surface area (Å²) in [6.45, 7) is 3.73. The SMILES string of the molecule is C/C(=N\N)C1(C[C@H](C)N)c2ccc(C(=O)O)cc2CCc2cc(C(=O)O)ccc21. The minimum absolute atomic E-state index is 0.205. The molecule has 1 aliphatic carbocycles. The van der Waals surface area contributed by atoms with Crippen molar-refractivity contribution in [3.63, 3.8) is 0 Å². The number of nitrogens with two attached hydrogens (primary N) is 2. The fourth-order valence-corrected chi connectivity index (χ4v) is 4.46. The first kappa shape index (κ1) is 20.5. The van der Waals surface area contributed by atoms with Crippen LogP contribution < -0.4 is 11.6 Å². The van der Waals surface area contributed by atoms with E-state index in [9.17, 15) is 19.8 Å². The number of hydrogen-bond donors (Lipinski definition) is 4. The maximum absolute atomic E-state index is 11.5. The first-order valence-corrected chi connectivity index (χ1v) is 9.44. The Hall–Kier alpha value is -3.19. The van der Waals surface area contributed by atoms with Crippen LogP contribution in [0.25, 0.3) is 0 Å². The van der Waals surface area contributed by atoms with Crippen LogP contribution in [-0.4, -0.2) is 33.9 Å². The van der Waals surface area contributed by atoms with E-state index in [1.165, 1.54) is 0 Å². The third kappa shape index (κ3) is 3.49. The number of hydrazone groups is 1. The highest BCUT2D eigenvalue weighted by Crippen LogP contribution is 2.44. The summed E-state index contributed by atoms with van der Waals surface area (Å²) in [6.07, 6.45) is 1.65. The highest BCUT2D eigenvalue weighted by atomic mass is 16.4. The second kappa shape index (κ2) is 7.67. The van der Waals surface area contributed by atoms with Gasteiger partial charge in [-0.15, -0.1) is 0 Å². The third-order valence-corrected chi connectivity index (χ3v) is 5.73. The standard InChI is InChI=1S/C22H25N3O4/c1-12(23)11-22(13(2)25-24)18-7-5-16(20(26)27)9-14(18)3-4-15-10-17(21(28)29)6-8-19(15)22/h5-10,12H,3-4,11,23-24H2,1-2H3,(H,26,27)(H,28,29)/b25-13+/t12-/m0/s1. The number of benzene rings is 2. The molecule has 0 fully saturated rings. The number of rotatable bonds is 5. The van der Waals surface area contributed by atoms with Crippen molar-refractivity contribution in [1.82, 2.24) is 0 Å². The highest BCUT2D eigenvalue weighted by molar-refractivity contribution is 5.98. The van der Waals surface area contributed by atoms with Crippen LogP contribution in [0.4, 0.5) is 0 Å². The van der Waals surface area contributed by atoms with Crippen LogP contribution >= 0.6 is 0 Å². The molecular formula is C22H25N3O4. The fraction of sp³-hybridized carbons (Fsp3) is 0.318. The van der Waals surface area contributed by atoms with Crippen LogP contribution in [0.1, 0.15) is 63.2 Å². The summed E-state index contributed by atoms with van der Waals surface area (Å²) >= 11 is 0. The van der Waals surface area contributed by atoms with E-state index in [0.29, 0.717) is 25.0 Å². The quantitative estimate of drug-likeness (QED) is 0.348. The molecule has 2 aromatic rings. The van der Waals surface area contributed by atoms with Gasteiger partial charge in [-0.25, -0.2) is 9.59 Å². The van der Waals surface area contributed by atoms with Gasteiger partial charge in [-0.1, -0.05) is 12.1 Å². The highest BCUT2D eigenvalue weighted by Gasteiger charge is 2.43. The van der Waals surface area contributed by atoms with Crippen LogP contribution in [0, 0.1) is 0 Å². The van der Waals surface area contributed by atoms with E-state index in [4.69, 9.17) is 11.6 Å². The molecule has 0 amide bonds. The molecule has 0 radical (unpaired) electrons. The number of carboxylic acids is 2. The minimum Gasteiger partial charge on any atom is -0.478 e. The Labute approximate surface area is 169 Å². The van der Waals surface area contributed by atoms with E-state index < -0.39 is 17.4 Å². The third-order valence-electron chi connectivity index (χ3n) is 5.73. The molecule has 0 saturated heterocycles. The summed E-state index contributed by atoms with van der Waals surface area (Å²) in [5.74, 6) is 3.75. The lowest BCUT2D eigenvalue weighted by Gasteiger charge is -2.38. The predicted octanol–water partition coefficient (Wildman–Crippen LogP) is 2.54. The first-order chi connectivity index (χ1) is 13.7. The molecule has 0 aromatic heterocycles. The average molecular weight is 395 g/mol. The van der Waals surface area contributed by atoms with E-state index in [-0.39, 0.29) is 17.2 Å². The van der Waals surface area contributed by atoms with Crippen molar-refractivity contribution in [2.24, 2.45) is 16.7 Å². The van der Waals surface area contributed by atoms with Crippen molar-refractivity contribution in [1.29, 1.82) is 0 Å². The monoisotopic (exact) mass is 395 g/mol.